The van der Waals surface area contributed by atoms with Crippen LogP contribution in [0.25, 0.3) is 0 Å². The maximum atomic E-state index is 13.4. The minimum atomic E-state index is -0.110. The van der Waals surface area contributed by atoms with E-state index in [4.69, 9.17) is 0 Å². The molecule has 0 aliphatic heterocycles. The van der Waals surface area contributed by atoms with Gasteiger partial charge in [0, 0.05) is 5.54 Å². The summed E-state index contributed by atoms with van der Waals surface area (Å²) in [5.41, 5.74) is 1.32. The second kappa shape index (κ2) is 6.91. The standard InChI is InChI=1S/C19H30FN/c1-14-8-9-16(13-21-19(2,3)4)17(10-14)11-15-6-5-7-18(20)12-15/h5-7,12,14,16-17,21H,8-11,13H2,1-4H3. The highest BCUT2D eigenvalue weighted by Gasteiger charge is 2.29. The van der Waals surface area contributed by atoms with Crippen molar-refractivity contribution >= 4 is 0 Å². The van der Waals surface area contributed by atoms with Gasteiger partial charge in [0.1, 0.15) is 5.82 Å². The Bertz CT molecular complexity index is 449. The van der Waals surface area contributed by atoms with Crippen LogP contribution in [0.1, 0.15) is 52.5 Å². The Labute approximate surface area is 129 Å². The van der Waals surface area contributed by atoms with Gasteiger partial charge in [0.05, 0.1) is 0 Å². The molecule has 0 aromatic heterocycles. The SMILES string of the molecule is CC1CCC(CNC(C)(C)C)C(Cc2cccc(F)c2)C1. The molecule has 1 nitrogen and oxygen atoms in total. The minimum absolute atomic E-state index is 0.110. The Morgan fingerprint density at radius 2 is 1.95 bits per heavy atom. The lowest BCUT2D eigenvalue weighted by molar-refractivity contribution is 0.174. The summed E-state index contributed by atoms with van der Waals surface area (Å²) in [5, 5.41) is 3.66. The van der Waals surface area contributed by atoms with Crippen LogP contribution in [0.15, 0.2) is 24.3 Å². The molecule has 2 rings (SSSR count). The molecule has 21 heavy (non-hydrogen) atoms. The van der Waals surface area contributed by atoms with Crippen molar-refractivity contribution in [3.8, 4) is 0 Å². The molecule has 1 aliphatic carbocycles. The van der Waals surface area contributed by atoms with Crippen LogP contribution in [-0.4, -0.2) is 12.1 Å². The fraction of sp³-hybridized carbons (Fsp3) is 0.684. The van der Waals surface area contributed by atoms with Crippen LogP contribution in [0.3, 0.4) is 0 Å². The third-order valence-corrected chi connectivity index (χ3v) is 4.68. The number of hydrogen-bond acceptors (Lipinski definition) is 1. The fourth-order valence-corrected chi connectivity index (χ4v) is 3.48. The van der Waals surface area contributed by atoms with Gasteiger partial charge in [0.15, 0.2) is 0 Å². The predicted molar refractivity (Wildman–Crippen MR) is 87.9 cm³/mol. The van der Waals surface area contributed by atoms with Gasteiger partial charge < -0.3 is 5.32 Å². The zero-order valence-corrected chi connectivity index (χ0v) is 14.0. The first-order chi connectivity index (χ1) is 9.83. The maximum absolute atomic E-state index is 13.4. The first kappa shape index (κ1) is 16.5. The largest absolute Gasteiger partial charge is 0.312 e. The summed E-state index contributed by atoms with van der Waals surface area (Å²) in [6.45, 7) is 10.1. The zero-order valence-electron chi connectivity index (χ0n) is 14.0. The van der Waals surface area contributed by atoms with Gasteiger partial charge >= 0.3 is 0 Å². The van der Waals surface area contributed by atoms with Crippen molar-refractivity contribution in [3.05, 3.63) is 35.6 Å². The van der Waals surface area contributed by atoms with Crippen molar-refractivity contribution in [1.29, 1.82) is 0 Å². The van der Waals surface area contributed by atoms with Crippen LogP contribution >= 0.6 is 0 Å². The molecule has 0 heterocycles. The Kier molecular flexibility index (Phi) is 5.43. The van der Waals surface area contributed by atoms with E-state index >= 15 is 0 Å². The summed E-state index contributed by atoms with van der Waals surface area (Å²) >= 11 is 0. The summed E-state index contributed by atoms with van der Waals surface area (Å²) in [6.07, 6.45) is 4.91. The van der Waals surface area contributed by atoms with E-state index in [2.05, 4.69) is 39.1 Å². The molecular formula is C19H30FN. The van der Waals surface area contributed by atoms with E-state index in [-0.39, 0.29) is 11.4 Å². The molecule has 3 atom stereocenters. The van der Waals surface area contributed by atoms with Gasteiger partial charge in [-0.05, 0) is 82.0 Å². The summed E-state index contributed by atoms with van der Waals surface area (Å²) < 4.78 is 13.4. The van der Waals surface area contributed by atoms with Crippen LogP contribution in [0, 0.1) is 23.6 Å². The fourth-order valence-electron chi connectivity index (χ4n) is 3.48. The van der Waals surface area contributed by atoms with E-state index < -0.39 is 0 Å². The Balaban J connectivity index is 2.01. The average molecular weight is 291 g/mol. The van der Waals surface area contributed by atoms with E-state index in [0.29, 0.717) is 11.8 Å². The molecule has 1 aromatic carbocycles. The molecule has 0 amide bonds. The number of nitrogens with one attached hydrogen (secondary N) is 1. The Morgan fingerprint density at radius 1 is 1.19 bits per heavy atom. The van der Waals surface area contributed by atoms with E-state index in [1.165, 1.54) is 25.3 Å². The third kappa shape index (κ3) is 5.43. The van der Waals surface area contributed by atoms with Crippen molar-refractivity contribution < 1.29 is 4.39 Å². The second-order valence-electron chi connectivity index (χ2n) is 7.90. The molecule has 0 radical (unpaired) electrons. The highest BCUT2D eigenvalue weighted by Crippen LogP contribution is 2.35. The molecule has 0 spiro atoms. The molecule has 1 fully saturated rings. The number of halogens is 1. The van der Waals surface area contributed by atoms with Crippen LogP contribution in [-0.2, 0) is 6.42 Å². The van der Waals surface area contributed by atoms with Crippen LogP contribution < -0.4 is 5.32 Å². The van der Waals surface area contributed by atoms with Gasteiger partial charge in [-0.15, -0.1) is 0 Å². The predicted octanol–water partition coefficient (Wildman–Crippen LogP) is 4.81. The number of rotatable bonds is 4. The van der Waals surface area contributed by atoms with Gasteiger partial charge in [-0.2, -0.15) is 0 Å². The average Bonchev–Trinajstić information content (AvgIpc) is 2.36. The number of benzene rings is 1. The van der Waals surface area contributed by atoms with Crippen molar-refractivity contribution in [2.45, 2.75) is 58.9 Å². The van der Waals surface area contributed by atoms with Gasteiger partial charge in [-0.1, -0.05) is 25.5 Å². The summed E-state index contributed by atoms with van der Waals surface area (Å²) in [6, 6.07) is 7.13. The van der Waals surface area contributed by atoms with Crippen molar-refractivity contribution in [3.63, 3.8) is 0 Å². The lowest BCUT2D eigenvalue weighted by Crippen LogP contribution is -2.42. The molecule has 118 valence electrons. The first-order valence-electron chi connectivity index (χ1n) is 8.33. The van der Waals surface area contributed by atoms with E-state index in [9.17, 15) is 4.39 Å². The quantitative estimate of drug-likeness (QED) is 0.839. The molecule has 0 saturated heterocycles. The lowest BCUT2D eigenvalue weighted by atomic mass is 9.72. The first-order valence-corrected chi connectivity index (χ1v) is 8.33. The molecule has 1 aromatic rings. The normalized spacial score (nSPS) is 26.8. The van der Waals surface area contributed by atoms with Gasteiger partial charge in [0.25, 0.3) is 0 Å². The van der Waals surface area contributed by atoms with Gasteiger partial charge in [-0.25, -0.2) is 4.39 Å². The van der Waals surface area contributed by atoms with Gasteiger partial charge in [-0.3, -0.25) is 0 Å². The molecule has 3 unspecified atom stereocenters. The summed E-state index contributed by atoms with van der Waals surface area (Å²) in [7, 11) is 0. The van der Waals surface area contributed by atoms with Crippen molar-refractivity contribution in [1.82, 2.24) is 5.32 Å². The molecule has 0 bridgehead atoms. The topological polar surface area (TPSA) is 12.0 Å². The molecular weight excluding hydrogens is 261 g/mol. The van der Waals surface area contributed by atoms with Crippen LogP contribution in [0.2, 0.25) is 0 Å². The van der Waals surface area contributed by atoms with Crippen molar-refractivity contribution in [2.24, 2.45) is 17.8 Å². The molecule has 1 N–H and O–H groups in total. The highest BCUT2D eigenvalue weighted by atomic mass is 19.1. The smallest absolute Gasteiger partial charge is 0.123 e. The van der Waals surface area contributed by atoms with Crippen molar-refractivity contribution in [2.75, 3.05) is 6.54 Å². The van der Waals surface area contributed by atoms with Crippen LogP contribution in [0.5, 0.6) is 0 Å². The minimum Gasteiger partial charge on any atom is -0.312 e. The van der Waals surface area contributed by atoms with E-state index in [0.717, 1.165) is 24.4 Å². The van der Waals surface area contributed by atoms with E-state index in [1.807, 2.05) is 6.07 Å². The third-order valence-electron chi connectivity index (χ3n) is 4.68. The lowest BCUT2D eigenvalue weighted by Gasteiger charge is -2.37. The van der Waals surface area contributed by atoms with E-state index in [1.54, 1.807) is 6.07 Å². The highest BCUT2D eigenvalue weighted by molar-refractivity contribution is 5.17. The molecule has 2 heteroatoms. The van der Waals surface area contributed by atoms with Gasteiger partial charge in [0.2, 0.25) is 0 Å². The monoisotopic (exact) mass is 291 g/mol. The zero-order chi connectivity index (χ0) is 15.5. The Hall–Kier alpha value is -0.890. The van der Waals surface area contributed by atoms with Crippen LogP contribution in [0.4, 0.5) is 4.39 Å². The maximum Gasteiger partial charge on any atom is 0.123 e. The second-order valence-corrected chi connectivity index (χ2v) is 7.90. The summed E-state index contributed by atoms with van der Waals surface area (Å²) in [4.78, 5) is 0. The number of hydrogen-bond donors (Lipinski definition) is 1. The summed E-state index contributed by atoms with van der Waals surface area (Å²) in [5.74, 6) is 2.07. The molecule has 1 saturated carbocycles. The molecule has 1 aliphatic rings. The Morgan fingerprint density at radius 3 is 2.62 bits per heavy atom.